The highest BCUT2D eigenvalue weighted by atomic mass is 35.5. The summed E-state index contributed by atoms with van der Waals surface area (Å²) in [7, 11) is 3.81. The highest BCUT2D eigenvalue weighted by molar-refractivity contribution is 5.96. The largest absolute Gasteiger partial charge is 0.398 e. The lowest BCUT2D eigenvalue weighted by molar-refractivity contribution is -0.119. The molecule has 0 bridgehead atoms. The van der Waals surface area contributed by atoms with Gasteiger partial charge in [-0.15, -0.1) is 12.4 Å². The Morgan fingerprint density at radius 3 is 2.83 bits per heavy atom. The van der Waals surface area contributed by atoms with Crippen LogP contribution in [0.4, 0.5) is 11.4 Å². The van der Waals surface area contributed by atoms with Gasteiger partial charge in [0.1, 0.15) is 0 Å². The molecule has 5 heteroatoms. The first-order chi connectivity index (χ1) is 8.09. The van der Waals surface area contributed by atoms with E-state index >= 15 is 0 Å². The molecule has 0 saturated carbocycles. The Morgan fingerprint density at radius 1 is 1.44 bits per heavy atom. The molecule has 2 rings (SSSR count). The minimum Gasteiger partial charge on any atom is -0.398 e. The summed E-state index contributed by atoms with van der Waals surface area (Å²) in [5.74, 6) is 0.140. The van der Waals surface area contributed by atoms with Gasteiger partial charge in [0, 0.05) is 17.9 Å². The van der Waals surface area contributed by atoms with Crippen LogP contribution in [0.2, 0.25) is 0 Å². The second kappa shape index (κ2) is 6.07. The number of rotatable bonds is 2. The molecule has 18 heavy (non-hydrogen) atoms. The fourth-order valence-electron chi connectivity index (χ4n) is 2.27. The summed E-state index contributed by atoms with van der Waals surface area (Å²) in [5, 5.41) is 0. The first-order valence-corrected chi connectivity index (χ1v) is 5.92. The standard InChI is InChI=1S/C13H19N3O.ClH/c1-15(2)9-13(17)16-8-4-5-10-11(14)6-3-7-12(10)16;/h3,6-7H,4-5,8-9,14H2,1-2H3;1H. The van der Waals surface area contributed by atoms with Crippen molar-refractivity contribution in [2.45, 2.75) is 12.8 Å². The number of nitrogens with zero attached hydrogens (tertiary/aromatic N) is 2. The smallest absolute Gasteiger partial charge is 0.241 e. The number of likely N-dealkylation sites (N-methyl/N-ethyl adjacent to an activating group) is 1. The molecule has 0 saturated heterocycles. The van der Waals surface area contributed by atoms with Gasteiger partial charge in [-0.2, -0.15) is 0 Å². The summed E-state index contributed by atoms with van der Waals surface area (Å²) >= 11 is 0. The predicted molar refractivity (Wildman–Crippen MR) is 77.3 cm³/mol. The Balaban J connectivity index is 0.00000162. The fraction of sp³-hybridized carbons (Fsp3) is 0.462. The normalized spacial score (nSPS) is 14.1. The molecule has 0 radical (unpaired) electrons. The third kappa shape index (κ3) is 2.94. The molecule has 1 aromatic rings. The first-order valence-electron chi connectivity index (χ1n) is 5.92. The van der Waals surface area contributed by atoms with E-state index in [1.54, 1.807) is 0 Å². The Bertz CT molecular complexity index is 434. The van der Waals surface area contributed by atoms with Crippen LogP contribution in [-0.4, -0.2) is 38.0 Å². The van der Waals surface area contributed by atoms with Gasteiger partial charge in [0.25, 0.3) is 0 Å². The van der Waals surface area contributed by atoms with E-state index in [0.717, 1.165) is 36.3 Å². The van der Waals surface area contributed by atoms with Crippen molar-refractivity contribution in [3.05, 3.63) is 23.8 Å². The molecule has 1 aliphatic rings. The van der Waals surface area contributed by atoms with Gasteiger partial charge in [0.2, 0.25) is 5.91 Å². The van der Waals surface area contributed by atoms with E-state index in [9.17, 15) is 4.79 Å². The summed E-state index contributed by atoms with van der Waals surface area (Å²) in [4.78, 5) is 15.9. The maximum Gasteiger partial charge on any atom is 0.241 e. The number of carbonyl (C=O) groups is 1. The van der Waals surface area contributed by atoms with E-state index in [1.165, 1.54) is 0 Å². The number of benzene rings is 1. The Kier molecular flexibility index (Phi) is 4.99. The molecule has 1 aliphatic heterocycles. The third-order valence-corrected chi connectivity index (χ3v) is 3.04. The van der Waals surface area contributed by atoms with Crippen molar-refractivity contribution in [1.29, 1.82) is 0 Å². The molecule has 0 aliphatic carbocycles. The summed E-state index contributed by atoms with van der Waals surface area (Å²) in [5.41, 5.74) is 8.86. The lowest BCUT2D eigenvalue weighted by atomic mass is 10.00. The van der Waals surface area contributed by atoms with Gasteiger partial charge in [0.15, 0.2) is 0 Å². The van der Waals surface area contributed by atoms with Crippen molar-refractivity contribution in [1.82, 2.24) is 4.90 Å². The highest BCUT2D eigenvalue weighted by Gasteiger charge is 2.23. The lowest BCUT2D eigenvalue weighted by Gasteiger charge is -2.31. The van der Waals surface area contributed by atoms with E-state index < -0.39 is 0 Å². The van der Waals surface area contributed by atoms with Gasteiger partial charge in [0.05, 0.1) is 6.54 Å². The van der Waals surface area contributed by atoms with Gasteiger partial charge >= 0.3 is 0 Å². The van der Waals surface area contributed by atoms with Crippen LogP contribution in [0, 0.1) is 0 Å². The van der Waals surface area contributed by atoms with E-state index in [-0.39, 0.29) is 18.3 Å². The van der Waals surface area contributed by atoms with Crippen molar-refractivity contribution in [2.24, 2.45) is 0 Å². The molecule has 1 heterocycles. The number of nitrogens with two attached hydrogens (primary N) is 1. The van der Waals surface area contributed by atoms with Gasteiger partial charge < -0.3 is 15.5 Å². The Labute approximate surface area is 114 Å². The molecule has 0 fully saturated rings. The van der Waals surface area contributed by atoms with E-state index in [4.69, 9.17) is 5.73 Å². The average Bonchev–Trinajstić information content (AvgIpc) is 2.28. The number of anilines is 2. The number of carbonyl (C=O) groups excluding carboxylic acids is 1. The molecular weight excluding hydrogens is 250 g/mol. The minimum absolute atomic E-state index is 0. The zero-order valence-electron chi connectivity index (χ0n) is 10.8. The maximum absolute atomic E-state index is 12.1. The fourth-order valence-corrected chi connectivity index (χ4v) is 2.27. The molecule has 1 amide bonds. The molecule has 0 spiro atoms. The molecule has 4 nitrogen and oxygen atoms in total. The van der Waals surface area contributed by atoms with Crippen molar-refractivity contribution >= 4 is 29.7 Å². The number of nitrogen functional groups attached to an aromatic ring is 1. The number of amides is 1. The van der Waals surface area contributed by atoms with E-state index in [2.05, 4.69) is 0 Å². The minimum atomic E-state index is 0. The quantitative estimate of drug-likeness (QED) is 0.829. The van der Waals surface area contributed by atoms with Crippen molar-refractivity contribution < 1.29 is 4.79 Å². The van der Waals surface area contributed by atoms with Crippen molar-refractivity contribution in [3.8, 4) is 0 Å². The Hall–Kier alpha value is -1.26. The molecule has 1 aromatic carbocycles. The molecular formula is C13H20ClN3O. The summed E-state index contributed by atoms with van der Waals surface area (Å²) < 4.78 is 0. The maximum atomic E-state index is 12.1. The van der Waals surface area contributed by atoms with Crippen LogP contribution in [0.25, 0.3) is 0 Å². The molecule has 0 aromatic heterocycles. The lowest BCUT2D eigenvalue weighted by Crippen LogP contribution is -2.41. The predicted octanol–water partition coefficient (Wildman–Crippen LogP) is 1.53. The van der Waals surface area contributed by atoms with E-state index in [0.29, 0.717) is 6.54 Å². The SMILES string of the molecule is CN(C)CC(=O)N1CCCc2c(N)cccc21.Cl. The molecule has 0 atom stereocenters. The second-order valence-electron chi connectivity index (χ2n) is 4.73. The number of hydrogen-bond donors (Lipinski definition) is 1. The highest BCUT2D eigenvalue weighted by Crippen LogP contribution is 2.31. The average molecular weight is 270 g/mol. The Morgan fingerprint density at radius 2 is 2.17 bits per heavy atom. The van der Waals surface area contributed by atoms with Gasteiger partial charge in [-0.1, -0.05) is 6.07 Å². The summed E-state index contributed by atoms with van der Waals surface area (Å²) in [6.45, 7) is 1.23. The van der Waals surface area contributed by atoms with Crippen LogP contribution in [0.15, 0.2) is 18.2 Å². The molecule has 100 valence electrons. The molecule has 0 unspecified atom stereocenters. The number of halogens is 1. The summed E-state index contributed by atoms with van der Waals surface area (Å²) in [6.07, 6.45) is 1.95. The van der Waals surface area contributed by atoms with Crippen LogP contribution in [0.1, 0.15) is 12.0 Å². The van der Waals surface area contributed by atoms with Gasteiger partial charge in [-0.05, 0) is 44.6 Å². The van der Waals surface area contributed by atoms with Gasteiger partial charge in [-0.3, -0.25) is 4.79 Å². The van der Waals surface area contributed by atoms with Crippen LogP contribution >= 0.6 is 12.4 Å². The number of fused-ring (bicyclic) bond motifs is 1. The van der Waals surface area contributed by atoms with Crippen LogP contribution < -0.4 is 10.6 Å². The van der Waals surface area contributed by atoms with Gasteiger partial charge in [-0.25, -0.2) is 0 Å². The topological polar surface area (TPSA) is 49.6 Å². The van der Waals surface area contributed by atoms with Crippen LogP contribution in [0.3, 0.4) is 0 Å². The number of hydrogen-bond acceptors (Lipinski definition) is 3. The van der Waals surface area contributed by atoms with E-state index in [1.807, 2.05) is 42.1 Å². The monoisotopic (exact) mass is 269 g/mol. The molecule has 2 N–H and O–H groups in total. The second-order valence-corrected chi connectivity index (χ2v) is 4.73. The van der Waals surface area contributed by atoms with Crippen molar-refractivity contribution in [3.63, 3.8) is 0 Å². The third-order valence-electron chi connectivity index (χ3n) is 3.04. The van der Waals surface area contributed by atoms with Crippen LogP contribution in [0.5, 0.6) is 0 Å². The van der Waals surface area contributed by atoms with Crippen molar-refractivity contribution in [2.75, 3.05) is 37.8 Å². The first kappa shape index (κ1) is 14.8. The summed E-state index contributed by atoms with van der Waals surface area (Å²) in [6, 6.07) is 5.80. The zero-order valence-corrected chi connectivity index (χ0v) is 11.7. The zero-order chi connectivity index (χ0) is 12.4. The van der Waals surface area contributed by atoms with Crippen LogP contribution in [-0.2, 0) is 11.2 Å².